The first kappa shape index (κ1) is 16.7. The van der Waals surface area contributed by atoms with Crippen molar-refractivity contribution in [3.8, 4) is 5.75 Å². The third kappa shape index (κ3) is 2.58. The Bertz CT molecular complexity index is 1240. The van der Waals surface area contributed by atoms with Gasteiger partial charge in [-0.1, -0.05) is 17.7 Å². The number of benzene rings is 2. The van der Waals surface area contributed by atoms with E-state index < -0.39 is 10.0 Å². The number of nitrogens with zero attached hydrogens (tertiary/aromatic N) is 2. The second-order valence-electron chi connectivity index (χ2n) is 5.77. The summed E-state index contributed by atoms with van der Waals surface area (Å²) in [5.74, 6) is 0.752. The van der Waals surface area contributed by atoms with E-state index in [1.165, 1.54) is 13.3 Å². The third-order valence-corrected chi connectivity index (χ3v) is 5.80. The van der Waals surface area contributed by atoms with Crippen molar-refractivity contribution in [2.75, 3.05) is 11.8 Å². The molecule has 4 rings (SSSR count). The lowest BCUT2D eigenvalue weighted by Gasteiger charge is -2.07. The molecule has 9 heteroatoms. The molecule has 2 aromatic heterocycles. The van der Waals surface area contributed by atoms with E-state index in [0.717, 1.165) is 5.52 Å². The Morgan fingerprint density at radius 1 is 1.27 bits per heavy atom. The number of ether oxygens (including phenoxy) is 1. The molecule has 2 aromatic carbocycles. The number of nitrogens with one attached hydrogen (secondary N) is 2. The molecule has 0 amide bonds. The first-order valence-electron chi connectivity index (χ1n) is 7.70. The molecule has 2 N–H and O–H groups in total. The van der Waals surface area contributed by atoms with Crippen LogP contribution in [-0.2, 0) is 17.1 Å². The van der Waals surface area contributed by atoms with E-state index in [9.17, 15) is 8.42 Å². The number of H-pyrrole nitrogens is 1. The van der Waals surface area contributed by atoms with E-state index >= 15 is 0 Å². The molecular formula is C17H15ClN4O3S. The molecule has 0 bridgehead atoms. The second-order valence-corrected chi connectivity index (χ2v) is 7.86. The van der Waals surface area contributed by atoms with Gasteiger partial charge in [0, 0.05) is 29.2 Å². The van der Waals surface area contributed by atoms with Gasteiger partial charge in [-0.3, -0.25) is 9.40 Å². The summed E-state index contributed by atoms with van der Waals surface area (Å²) in [6.45, 7) is 0. The van der Waals surface area contributed by atoms with Crippen molar-refractivity contribution in [2.24, 2.45) is 7.05 Å². The largest absolute Gasteiger partial charge is 0.496 e. The molecular weight excluding hydrogens is 376 g/mol. The summed E-state index contributed by atoms with van der Waals surface area (Å²) in [6.07, 6.45) is 1.44. The van der Waals surface area contributed by atoms with Crippen LogP contribution in [0.15, 0.2) is 47.5 Å². The first-order chi connectivity index (χ1) is 12.4. The van der Waals surface area contributed by atoms with Gasteiger partial charge >= 0.3 is 0 Å². The zero-order valence-electron chi connectivity index (χ0n) is 13.9. The molecule has 0 atom stereocenters. The van der Waals surface area contributed by atoms with Crippen LogP contribution in [0.5, 0.6) is 5.75 Å². The van der Waals surface area contributed by atoms with E-state index in [1.807, 2.05) is 12.1 Å². The van der Waals surface area contributed by atoms with E-state index in [-0.39, 0.29) is 10.7 Å². The molecule has 0 radical (unpaired) electrons. The third-order valence-electron chi connectivity index (χ3n) is 4.19. The Morgan fingerprint density at radius 2 is 2.08 bits per heavy atom. The van der Waals surface area contributed by atoms with Crippen molar-refractivity contribution < 1.29 is 13.2 Å². The van der Waals surface area contributed by atoms with Crippen LogP contribution >= 0.6 is 11.6 Å². The number of anilines is 1. The highest BCUT2D eigenvalue weighted by molar-refractivity contribution is 7.93. The van der Waals surface area contributed by atoms with Gasteiger partial charge in [-0.2, -0.15) is 5.10 Å². The number of aromatic amines is 1. The number of fused-ring (bicyclic) bond motifs is 2. The lowest BCUT2D eigenvalue weighted by Crippen LogP contribution is -2.13. The molecule has 0 aliphatic carbocycles. The summed E-state index contributed by atoms with van der Waals surface area (Å²) in [6, 6.07) is 10.4. The molecule has 2 heterocycles. The van der Waals surface area contributed by atoms with Crippen LogP contribution in [0.3, 0.4) is 0 Å². The van der Waals surface area contributed by atoms with Crippen molar-refractivity contribution in [1.29, 1.82) is 0 Å². The molecule has 0 aliphatic rings. The molecule has 0 unspecified atom stereocenters. The van der Waals surface area contributed by atoms with Gasteiger partial charge in [0.2, 0.25) is 0 Å². The quantitative estimate of drug-likeness (QED) is 0.558. The van der Waals surface area contributed by atoms with Crippen LogP contribution in [-0.4, -0.2) is 30.3 Å². The minimum Gasteiger partial charge on any atom is -0.496 e. The Labute approximate surface area is 154 Å². The van der Waals surface area contributed by atoms with Crippen LogP contribution in [0.2, 0.25) is 5.02 Å². The molecule has 7 nitrogen and oxygen atoms in total. The van der Waals surface area contributed by atoms with Gasteiger partial charge in [0.05, 0.1) is 18.0 Å². The minimum absolute atomic E-state index is 0.123. The number of hydrogen-bond acceptors (Lipinski definition) is 4. The predicted molar refractivity (Wildman–Crippen MR) is 101 cm³/mol. The maximum Gasteiger partial charge on any atom is 0.265 e. The molecule has 4 aromatic rings. The molecule has 26 heavy (non-hydrogen) atoms. The maximum atomic E-state index is 13.0. The number of aromatic nitrogens is 3. The summed E-state index contributed by atoms with van der Waals surface area (Å²) in [5, 5.41) is 5.98. The molecule has 0 saturated heterocycles. The van der Waals surface area contributed by atoms with Crippen molar-refractivity contribution in [3.63, 3.8) is 0 Å². The van der Waals surface area contributed by atoms with Crippen molar-refractivity contribution in [2.45, 2.75) is 4.90 Å². The fourth-order valence-electron chi connectivity index (χ4n) is 3.00. The van der Waals surface area contributed by atoms with Crippen molar-refractivity contribution >= 4 is 49.2 Å². The van der Waals surface area contributed by atoms with Crippen LogP contribution < -0.4 is 9.46 Å². The van der Waals surface area contributed by atoms with Gasteiger partial charge < -0.3 is 9.72 Å². The highest BCUT2D eigenvalue weighted by Gasteiger charge is 2.23. The van der Waals surface area contributed by atoms with Crippen molar-refractivity contribution in [1.82, 2.24) is 14.8 Å². The van der Waals surface area contributed by atoms with Gasteiger partial charge in [-0.15, -0.1) is 0 Å². The monoisotopic (exact) mass is 390 g/mol. The SMILES string of the molecule is COc1cccc2c1c(NS(=O)(=O)c1c[nH]c3cc(Cl)ccc13)nn2C. The number of rotatable bonds is 4. The van der Waals surface area contributed by atoms with E-state index in [2.05, 4.69) is 14.8 Å². The average Bonchev–Trinajstić information content (AvgIpc) is 3.16. The van der Waals surface area contributed by atoms with E-state index in [4.69, 9.17) is 16.3 Å². The standard InChI is InChI=1S/C17H15ClN4O3S/c1-22-13-4-3-5-14(25-2)16(13)17(20-22)21-26(23,24)15-9-19-12-8-10(18)6-7-11(12)15/h3-9,19H,1-2H3,(H,20,21). The Morgan fingerprint density at radius 3 is 2.85 bits per heavy atom. The fraction of sp³-hybridized carbons (Fsp3) is 0.118. The minimum atomic E-state index is -3.87. The highest BCUT2D eigenvalue weighted by Crippen LogP contribution is 2.34. The zero-order chi connectivity index (χ0) is 18.5. The van der Waals surface area contributed by atoms with Gasteiger partial charge in [-0.05, 0) is 30.3 Å². The smallest absolute Gasteiger partial charge is 0.265 e. The Kier molecular flexibility index (Phi) is 3.82. The summed E-state index contributed by atoms with van der Waals surface area (Å²) in [5.41, 5.74) is 1.40. The van der Waals surface area contributed by atoms with E-state index in [1.54, 1.807) is 36.0 Å². The summed E-state index contributed by atoms with van der Waals surface area (Å²) in [7, 11) is -0.594. The van der Waals surface area contributed by atoms with Gasteiger partial charge in [0.1, 0.15) is 10.6 Å². The maximum absolute atomic E-state index is 13.0. The highest BCUT2D eigenvalue weighted by atomic mass is 35.5. The number of methoxy groups -OCH3 is 1. The fourth-order valence-corrected chi connectivity index (χ4v) is 4.36. The summed E-state index contributed by atoms with van der Waals surface area (Å²) >= 11 is 5.96. The van der Waals surface area contributed by atoms with Crippen LogP contribution in [0, 0.1) is 0 Å². The molecule has 0 aliphatic heterocycles. The second kappa shape index (κ2) is 5.93. The van der Waals surface area contributed by atoms with Gasteiger partial charge in [-0.25, -0.2) is 8.42 Å². The molecule has 134 valence electrons. The number of sulfonamides is 1. The van der Waals surface area contributed by atoms with Gasteiger partial charge in [0.15, 0.2) is 5.82 Å². The Balaban J connectivity index is 1.85. The molecule has 0 saturated carbocycles. The molecule has 0 spiro atoms. The summed E-state index contributed by atoms with van der Waals surface area (Å²) < 4.78 is 35.5. The normalized spacial score (nSPS) is 12.0. The Hall–Kier alpha value is -2.71. The number of hydrogen-bond donors (Lipinski definition) is 2. The number of aryl methyl sites for hydroxylation is 1. The average molecular weight is 391 g/mol. The lowest BCUT2D eigenvalue weighted by molar-refractivity contribution is 0.420. The topological polar surface area (TPSA) is 89.0 Å². The lowest BCUT2D eigenvalue weighted by atomic mass is 10.2. The first-order valence-corrected chi connectivity index (χ1v) is 9.56. The van der Waals surface area contributed by atoms with Crippen LogP contribution in [0.4, 0.5) is 5.82 Å². The van der Waals surface area contributed by atoms with Crippen molar-refractivity contribution in [3.05, 3.63) is 47.6 Å². The molecule has 0 fully saturated rings. The van der Waals surface area contributed by atoms with Crippen LogP contribution in [0.1, 0.15) is 0 Å². The predicted octanol–water partition coefficient (Wildman–Crippen LogP) is 3.52. The van der Waals surface area contributed by atoms with Gasteiger partial charge in [0.25, 0.3) is 10.0 Å². The summed E-state index contributed by atoms with van der Waals surface area (Å²) in [4.78, 5) is 3.05. The zero-order valence-corrected chi connectivity index (χ0v) is 15.5. The van der Waals surface area contributed by atoms with E-state index in [0.29, 0.717) is 27.1 Å². The van der Waals surface area contributed by atoms with Crippen LogP contribution in [0.25, 0.3) is 21.8 Å². The number of halogens is 1.